The molecule has 4 saturated carbocycles. The minimum absolute atomic E-state index is 0.152. The van der Waals surface area contributed by atoms with Crippen LogP contribution in [0.5, 0.6) is 0 Å². The van der Waals surface area contributed by atoms with Crippen LogP contribution in [0.3, 0.4) is 0 Å². The molecular formula is C32H55NO6. The first-order chi connectivity index (χ1) is 18.8. The molecule has 0 heterocycles. The second kappa shape index (κ2) is 13.5. The van der Waals surface area contributed by atoms with Gasteiger partial charge in [0.05, 0.1) is 24.4 Å². The Balaban J connectivity index is 1.70. The van der Waals surface area contributed by atoms with E-state index in [1.165, 1.54) is 19.3 Å². The molecule has 39 heavy (non-hydrogen) atoms. The smallest absolute Gasteiger partial charge is 0.146 e. The van der Waals surface area contributed by atoms with E-state index in [2.05, 4.69) is 33.8 Å². The van der Waals surface area contributed by atoms with Crippen LogP contribution in [0, 0.1) is 63.6 Å². The molecule has 0 saturated heterocycles. The van der Waals surface area contributed by atoms with Gasteiger partial charge >= 0.3 is 0 Å². The summed E-state index contributed by atoms with van der Waals surface area (Å²) in [5.74, 6) is 3.49. The molecule has 4 rings (SSSR count). The molecule has 224 valence electrons. The zero-order chi connectivity index (χ0) is 28.2. The highest BCUT2D eigenvalue weighted by Crippen LogP contribution is 2.70. The van der Waals surface area contributed by atoms with Crippen LogP contribution in [0.4, 0.5) is 0 Å². The minimum Gasteiger partial charge on any atom is -0.359 e. The van der Waals surface area contributed by atoms with Gasteiger partial charge in [-0.15, -0.1) is 0 Å². The molecule has 0 aromatic heterocycles. The van der Waals surface area contributed by atoms with Gasteiger partial charge in [0, 0.05) is 27.8 Å². The maximum Gasteiger partial charge on any atom is 0.146 e. The number of rotatable bonds is 13. The van der Waals surface area contributed by atoms with Crippen LogP contribution in [-0.4, -0.2) is 60.0 Å². The molecule has 0 N–H and O–H groups in total. The second-order valence-electron chi connectivity index (χ2n) is 13.6. The topological polar surface area (TPSA) is 79.2 Å². The molecule has 0 aliphatic heterocycles. The fourth-order valence-corrected chi connectivity index (χ4v) is 10.4. The Bertz CT molecular complexity index is 819. The Morgan fingerprint density at radius 1 is 0.846 bits per heavy atom. The highest BCUT2D eigenvalue weighted by molar-refractivity contribution is 5.15. The summed E-state index contributed by atoms with van der Waals surface area (Å²) in [7, 11) is 5.16. The lowest BCUT2D eigenvalue weighted by atomic mass is 9.41. The molecule has 0 bridgehead atoms. The first-order valence-corrected chi connectivity index (χ1v) is 15.5. The molecule has 0 amide bonds. The number of nitriles is 1. The number of ether oxygens (including phenoxy) is 6. The van der Waals surface area contributed by atoms with Crippen molar-refractivity contribution in [1.29, 1.82) is 5.26 Å². The Hall–Kier alpha value is -0.750. The summed E-state index contributed by atoms with van der Waals surface area (Å²) < 4.78 is 35.5. The number of hydrogen-bond donors (Lipinski definition) is 0. The lowest BCUT2D eigenvalue weighted by molar-refractivity contribution is -0.239. The molecule has 3 unspecified atom stereocenters. The lowest BCUT2D eigenvalue weighted by Gasteiger charge is -2.65. The Labute approximate surface area is 237 Å². The maximum absolute atomic E-state index is 9.35. The van der Waals surface area contributed by atoms with Crippen molar-refractivity contribution in [1.82, 2.24) is 0 Å². The van der Waals surface area contributed by atoms with Crippen LogP contribution in [0.2, 0.25) is 0 Å². The second-order valence-corrected chi connectivity index (χ2v) is 13.6. The Morgan fingerprint density at radius 2 is 1.51 bits per heavy atom. The van der Waals surface area contributed by atoms with Crippen molar-refractivity contribution in [3.05, 3.63) is 0 Å². The number of methoxy groups -OCH3 is 3. The fourth-order valence-electron chi connectivity index (χ4n) is 10.4. The molecule has 4 fully saturated rings. The third-order valence-electron chi connectivity index (χ3n) is 11.9. The molecule has 7 heteroatoms. The van der Waals surface area contributed by atoms with E-state index in [1.54, 1.807) is 21.3 Å². The number of fused-ring (bicyclic) bond motifs is 5. The largest absolute Gasteiger partial charge is 0.359 e. The van der Waals surface area contributed by atoms with Crippen LogP contribution < -0.4 is 0 Å². The van der Waals surface area contributed by atoms with Crippen molar-refractivity contribution in [2.75, 3.05) is 41.7 Å². The quantitative estimate of drug-likeness (QED) is 0.246. The average Bonchev–Trinajstić information content (AvgIpc) is 3.24. The highest BCUT2D eigenvalue weighted by Gasteiger charge is 2.67. The van der Waals surface area contributed by atoms with Crippen LogP contribution >= 0.6 is 0 Å². The molecule has 4 aliphatic carbocycles. The van der Waals surface area contributed by atoms with E-state index < -0.39 is 0 Å². The van der Waals surface area contributed by atoms with Crippen LogP contribution in [-0.2, 0) is 28.4 Å². The SMILES string of the molecule is CC[C@H]1[C@@H](OCOC)C2C3C[C@H](OCOC)[C@H]([C@H](C)CCC#N)[C@@]3(C)CCC2[C@@]2(C)CC[C@@H](OCOC)C[C@@H]12. The summed E-state index contributed by atoms with van der Waals surface area (Å²) in [6.07, 6.45) is 10.1. The Kier molecular flexibility index (Phi) is 10.8. The van der Waals surface area contributed by atoms with Gasteiger partial charge in [-0.3, -0.25) is 0 Å². The van der Waals surface area contributed by atoms with Gasteiger partial charge in [-0.25, -0.2) is 0 Å². The van der Waals surface area contributed by atoms with Gasteiger partial charge in [0.1, 0.15) is 20.4 Å². The van der Waals surface area contributed by atoms with E-state index in [-0.39, 0.29) is 29.1 Å². The standard InChI is InChI=1S/C32H55NO6/c1-8-23-25-16-22(37-18-34-5)11-13-31(25,3)24-12-14-32(4)26(28(24)30(23)39-20-36-7)17-27(38-19-35-6)29(32)21(2)10-9-15-33/h21-30H,8-14,16-20H2,1-7H3/t21-,22-,23-,24?,25+,26?,27+,28?,29+,30-,31-,32+/m1/s1. The van der Waals surface area contributed by atoms with Gasteiger partial charge < -0.3 is 28.4 Å². The molecule has 12 atom stereocenters. The van der Waals surface area contributed by atoms with E-state index >= 15 is 0 Å². The average molecular weight is 550 g/mol. The molecule has 0 aromatic carbocycles. The van der Waals surface area contributed by atoms with Crippen LogP contribution in [0.25, 0.3) is 0 Å². The van der Waals surface area contributed by atoms with Crippen molar-refractivity contribution in [2.45, 2.75) is 104 Å². The zero-order valence-electron chi connectivity index (χ0n) is 25.7. The predicted molar refractivity (Wildman–Crippen MR) is 149 cm³/mol. The van der Waals surface area contributed by atoms with E-state index in [0.717, 1.165) is 32.1 Å². The van der Waals surface area contributed by atoms with Gasteiger partial charge in [-0.1, -0.05) is 34.1 Å². The van der Waals surface area contributed by atoms with Crippen molar-refractivity contribution in [2.24, 2.45) is 52.3 Å². The third-order valence-corrected chi connectivity index (χ3v) is 11.9. The number of nitrogens with zero attached hydrogens (tertiary/aromatic N) is 1. The zero-order valence-corrected chi connectivity index (χ0v) is 25.7. The van der Waals surface area contributed by atoms with Crippen molar-refractivity contribution >= 4 is 0 Å². The summed E-state index contributed by atoms with van der Waals surface area (Å²) >= 11 is 0. The van der Waals surface area contributed by atoms with Crippen molar-refractivity contribution < 1.29 is 28.4 Å². The molecule has 0 spiro atoms. The fraction of sp³-hybridized carbons (Fsp3) is 0.969. The van der Waals surface area contributed by atoms with Gasteiger partial charge in [0.15, 0.2) is 0 Å². The van der Waals surface area contributed by atoms with Crippen molar-refractivity contribution in [3.8, 4) is 6.07 Å². The maximum atomic E-state index is 9.35. The summed E-state index contributed by atoms with van der Waals surface area (Å²) in [6, 6.07) is 2.39. The predicted octanol–water partition coefficient (Wildman–Crippen LogP) is 6.41. The summed E-state index contributed by atoms with van der Waals surface area (Å²) in [5.41, 5.74) is 0.434. The van der Waals surface area contributed by atoms with Gasteiger partial charge in [0.2, 0.25) is 0 Å². The third kappa shape index (κ3) is 5.81. The first kappa shape index (κ1) is 31.2. The van der Waals surface area contributed by atoms with Gasteiger partial charge in [0.25, 0.3) is 0 Å². The van der Waals surface area contributed by atoms with Gasteiger partial charge in [-0.05, 0) is 97.2 Å². The molecular weight excluding hydrogens is 494 g/mol. The normalized spacial score (nSPS) is 44.2. The van der Waals surface area contributed by atoms with Crippen molar-refractivity contribution in [3.63, 3.8) is 0 Å². The van der Waals surface area contributed by atoms with E-state index in [1.807, 2.05) is 0 Å². The van der Waals surface area contributed by atoms with E-state index in [4.69, 9.17) is 28.4 Å². The summed E-state index contributed by atoms with van der Waals surface area (Å²) in [4.78, 5) is 0. The van der Waals surface area contributed by atoms with Crippen LogP contribution in [0.15, 0.2) is 0 Å². The highest BCUT2D eigenvalue weighted by atomic mass is 16.7. The first-order valence-electron chi connectivity index (χ1n) is 15.5. The van der Waals surface area contributed by atoms with E-state index in [9.17, 15) is 5.26 Å². The molecule has 0 radical (unpaired) electrons. The monoisotopic (exact) mass is 549 g/mol. The minimum atomic E-state index is 0.152. The lowest BCUT2D eigenvalue weighted by Crippen LogP contribution is -2.63. The number of hydrogen-bond acceptors (Lipinski definition) is 7. The van der Waals surface area contributed by atoms with Crippen LogP contribution in [0.1, 0.15) is 85.5 Å². The van der Waals surface area contributed by atoms with E-state index in [0.29, 0.717) is 68.2 Å². The molecule has 4 aliphatic rings. The summed E-state index contributed by atoms with van der Waals surface area (Å²) in [6.45, 7) is 10.9. The molecule has 0 aromatic rings. The Morgan fingerprint density at radius 3 is 2.18 bits per heavy atom. The van der Waals surface area contributed by atoms with Gasteiger partial charge in [-0.2, -0.15) is 5.26 Å². The summed E-state index contributed by atoms with van der Waals surface area (Å²) in [5, 5.41) is 9.35. The molecule has 7 nitrogen and oxygen atoms in total.